The van der Waals surface area contributed by atoms with Crippen LogP contribution in [0, 0.1) is 0 Å². The Balaban J connectivity index is 1.88. The molecule has 2 aromatic rings. The first-order chi connectivity index (χ1) is 13.1. The summed E-state index contributed by atoms with van der Waals surface area (Å²) in [5.41, 5.74) is 2.01. The lowest BCUT2D eigenvalue weighted by atomic mass is 9.84. The van der Waals surface area contributed by atoms with Gasteiger partial charge in [-0.3, -0.25) is 0 Å². The van der Waals surface area contributed by atoms with E-state index < -0.39 is 0 Å². The number of hydrogen-bond donors (Lipinski definition) is 1. The van der Waals surface area contributed by atoms with E-state index in [0.717, 1.165) is 17.5 Å². The van der Waals surface area contributed by atoms with Crippen molar-refractivity contribution in [2.45, 2.75) is 24.5 Å². The standard InChI is InChI=1S/C21H26O6/c1-23-17-7-6-14(9-16(17)22)19-11-15(21(26-4)12-27-19)13-5-8-18(24-2)20(10-13)25-3/h5-10,15,19,21-22H,11-12H2,1-4H3/t15-,19-,21+/m0/s1. The van der Waals surface area contributed by atoms with Crippen LogP contribution in [-0.4, -0.2) is 46.3 Å². The third-order valence-electron chi connectivity index (χ3n) is 5.09. The van der Waals surface area contributed by atoms with Gasteiger partial charge in [0.1, 0.15) is 0 Å². The molecule has 1 heterocycles. The van der Waals surface area contributed by atoms with E-state index in [1.54, 1.807) is 33.5 Å². The van der Waals surface area contributed by atoms with Crippen molar-refractivity contribution in [1.29, 1.82) is 0 Å². The van der Waals surface area contributed by atoms with E-state index >= 15 is 0 Å². The molecular formula is C21H26O6. The first-order valence-electron chi connectivity index (χ1n) is 8.84. The van der Waals surface area contributed by atoms with Crippen LogP contribution in [0.5, 0.6) is 23.0 Å². The van der Waals surface area contributed by atoms with Gasteiger partial charge in [0.15, 0.2) is 23.0 Å². The highest BCUT2D eigenvalue weighted by Crippen LogP contribution is 2.42. The Kier molecular flexibility index (Phi) is 6.08. The van der Waals surface area contributed by atoms with E-state index in [9.17, 15) is 5.11 Å². The summed E-state index contributed by atoms with van der Waals surface area (Å²) in [5, 5.41) is 10.1. The Morgan fingerprint density at radius 1 is 0.852 bits per heavy atom. The van der Waals surface area contributed by atoms with Crippen molar-refractivity contribution in [2.75, 3.05) is 35.0 Å². The Hall–Kier alpha value is -2.44. The third kappa shape index (κ3) is 3.96. The van der Waals surface area contributed by atoms with Crippen LogP contribution in [0.4, 0.5) is 0 Å². The molecule has 0 aromatic heterocycles. The van der Waals surface area contributed by atoms with Gasteiger partial charge in [-0.1, -0.05) is 12.1 Å². The van der Waals surface area contributed by atoms with Crippen LogP contribution in [0.3, 0.4) is 0 Å². The first-order valence-corrected chi connectivity index (χ1v) is 8.84. The molecule has 1 N–H and O–H groups in total. The number of phenolic OH excluding ortho intramolecular Hbond substituents is 1. The van der Waals surface area contributed by atoms with Gasteiger partial charge < -0.3 is 28.8 Å². The Morgan fingerprint density at radius 3 is 2.15 bits per heavy atom. The molecule has 1 fully saturated rings. The van der Waals surface area contributed by atoms with Crippen molar-refractivity contribution in [3.8, 4) is 23.0 Å². The zero-order valence-electron chi connectivity index (χ0n) is 16.1. The molecule has 146 valence electrons. The number of rotatable bonds is 6. The summed E-state index contributed by atoms with van der Waals surface area (Å²) < 4.78 is 27.6. The maximum atomic E-state index is 10.1. The number of aromatic hydroxyl groups is 1. The number of methoxy groups -OCH3 is 4. The van der Waals surface area contributed by atoms with Crippen LogP contribution in [0.2, 0.25) is 0 Å². The minimum absolute atomic E-state index is 0.0637. The van der Waals surface area contributed by atoms with E-state index in [4.69, 9.17) is 23.7 Å². The predicted octanol–water partition coefficient (Wildman–Crippen LogP) is 3.68. The maximum Gasteiger partial charge on any atom is 0.160 e. The number of ether oxygens (including phenoxy) is 5. The molecule has 6 heteroatoms. The molecule has 1 saturated heterocycles. The minimum Gasteiger partial charge on any atom is -0.504 e. The molecular weight excluding hydrogens is 348 g/mol. The lowest BCUT2D eigenvalue weighted by Crippen LogP contribution is -2.34. The molecule has 0 aliphatic carbocycles. The van der Waals surface area contributed by atoms with E-state index in [1.807, 2.05) is 24.3 Å². The van der Waals surface area contributed by atoms with Gasteiger partial charge >= 0.3 is 0 Å². The lowest BCUT2D eigenvalue weighted by molar-refractivity contribution is -0.0854. The monoisotopic (exact) mass is 374 g/mol. The number of phenols is 1. The molecule has 6 nitrogen and oxygen atoms in total. The summed E-state index contributed by atoms with van der Waals surface area (Å²) in [4.78, 5) is 0. The molecule has 0 saturated carbocycles. The average Bonchev–Trinajstić information content (AvgIpc) is 2.72. The van der Waals surface area contributed by atoms with Crippen molar-refractivity contribution < 1.29 is 28.8 Å². The highest BCUT2D eigenvalue weighted by Gasteiger charge is 2.34. The van der Waals surface area contributed by atoms with E-state index in [2.05, 4.69) is 0 Å². The van der Waals surface area contributed by atoms with Crippen LogP contribution in [0.25, 0.3) is 0 Å². The van der Waals surface area contributed by atoms with Gasteiger partial charge in [0, 0.05) is 13.0 Å². The number of hydrogen-bond acceptors (Lipinski definition) is 6. The first kappa shape index (κ1) is 19.3. The summed E-state index contributed by atoms with van der Waals surface area (Å²) in [6, 6.07) is 11.3. The van der Waals surface area contributed by atoms with Crippen LogP contribution in [-0.2, 0) is 9.47 Å². The molecule has 1 aliphatic heterocycles. The van der Waals surface area contributed by atoms with E-state index in [1.165, 1.54) is 7.11 Å². The smallest absolute Gasteiger partial charge is 0.160 e. The fraction of sp³-hybridized carbons (Fsp3) is 0.429. The fourth-order valence-electron chi connectivity index (χ4n) is 3.58. The van der Waals surface area contributed by atoms with Gasteiger partial charge in [0.2, 0.25) is 0 Å². The van der Waals surface area contributed by atoms with E-state index in [0.29, 0.717) is 23.9 Å². The lowest BCUT2D eigenvalue weighted by Gasteiger charge is -2.36. The molecule has 0 radical (unpaired) electrons. The summed E-state index contributed by atoms with van der Waals surface area (Å²) in [7, 11) is 6.47. The summed E-state index contributed by atoms with van der Waals surface area (Å²) in [6.07, 6.45) is 0.511. The van der Waals surface area contributed by atoms with Crippen molar-refractivity contribution in [3.63, 3.8) is 0 Å². The molecule has 1 aliphatic rings. The Labute approximate surface area is 159 Å². The average molecular weight is 374 g/mol. The molecule has 2 aromatic carbocycles. The van der Waals surface area contributed by atoms with Gasteiger partial charge in [0.05, 0.1) is 40.1 Å². The normalized spacial score (nSPS) is 22.3. The largest absolute Gasteiger partial charge is 0.504 e. The molecule has 0 unspecified atom stereocenters. The highest BCUT2D eigenvalue weighted by molar-refractivity contribution is 5.45. The van der Waals surface area contributed by atoms with Gasteiger partial charge in [-0.05, 0) is 41.8 Å². The Morgan fingerprint density at radius 2 is 1.52 bits per heavy atom. The molecule has 3 atom stereocenters. The molecule has 0 amide bonds. The predicted molar refractivity (Wildman–Crippen MR) is 101 cm³/mol. The Bertz CT molecular complexity index is 775. The summed E-state index contributed by atoms with van der Waals surface area (Å²) in [5.74, 6) is 2.06. The topological polar surface area (TPSA) is 66.4 Å². The van der Waals surface area contributed by atoms with Crippen molar-refractivity contribution >= 4 is 0 Å². The van der Waals surface area contributed by atoms with Crippen LogP contribution in [0.1, 0.15) is 29.6 Å². The van der Waals surface area contributed by atoms with Gasteiger partial charge in [0.25, 0.3) is 0 Å². The zero-order chi connectivity index (χ0) is 19.4. The van der Waals surface area contributed by atoms with Gasteiger partial charge in [-0.2, -0.15) is 0 Å². The quantitative estimate of drug-likeness (QED) is 0.832. The van der Waals surface area contributed by atoms with Crippen LogP contribution < -0.4 is 14.2 Å². The maximum absolute atomic E-state index is 10.1. The van der Waals surface area contributed by atoms with Crippen molar-refractivity contribution in [1.82, 2.24) is 0 Å². The van der Waals surface area contributed by atoms with E-state index in [-0.39, 0.29) is 23.9 Å². The van der Waals surface area contributed by atoms with Crippen LogP contribution in [0.15, 0.2) is 36.4 Å². The van der Waals surface area contributed by atoms with Gasteiger partial charge in [-0.25, -0.2) is 0 Å². The molecule has 0 spiro atoms. The SMILES string of the molecule is COc1ccc([C@@H]2C[C@@H](c3ccc(OC)c(OC)c3)[C@H](OC)CO2)cc1O. The van der Waals surface area contributed by atoms with Crippen molar-refractivity contribution in [3.05, 3.63) is 47.5 Å². The second kappa shape index (κ2) is 8.50. The fourth-order valence-corrected chi connectivity index (χ4v) is 3.58. The molecule has 27 heavy (non-hydrogen) atoms. The second-order valence-electron chi connectivity index (χ2n) is 6.48. The highest BCUT2D eigenvalue weighted by atomic mass is 16.5. The van der Waals surface area contributed by atoms with Crippen LogP contribution >= 0.6 is 0 Å². The zero-order valence-corrected chi connectivity index (χ0v) is 16.1. The molecule has 0 bridgehead atoms. The minimum atomic E-state index is -0.147. The summed E-state index contributed by atoms with van der Waals surface area (Å²) >= 11 is 0. The molecule has 3 rings (SSSR count). The van der Waals surface area contributed by atoms with Gasteiger partial charge in [-0.15, -0.1) is 0 Å². The second-order valence-corrected chi connectivity index (χ2v) is 6.48. The summed E-state index contributed by atoms with van der Waals surface area (Å²) in [6.45, 7) is 0.465. The van der Waals surface area contributed by atoms with Crippen molar-refractivity contribution in [2.24, 2.45) is 0 Å². The number of benzene rings is 2. The third-order valence-corrected chi connectivity index (χ3v) is 5.09.